The molecule has 1 atom stereocenters. The molecule has 0 saturated heterocycles. The molecule has 2 heterocycles. The number of nitrogens with one attached hydrogen (secondary N) is 4. The van der Waals surface area contributed by atoms with Crippen LogP contribution in [0.15, 0.2) is 28.5 Å². The number of rotatable bonds is 8. The molecule has 0 bridgehead atoms. The zero-order valence-corrected chi connectivity index (χ0v) is 17.6. The molecule has 30 heavy (non-hydrogen) atoms. The van der Waals surface area contributed by atoms with Gasteiger partial charge < -0.3 is 21.7 Å². The average molecular weight is 430 g/mol. The van der Waals surface area contributed by atoms with Crippen molar-refractivity contribution in [2.24, 2.45) is 11.7 Å². The number of hydrogen-bond acceptors (Lipinski definition) is 8. The summed E-state index contributed by atoms with van der Waals surface area (Å²) in [4.78, 5) is 47.6. The predicted octanol–water partition coefficient (Wildman–Crippen LogP) is 1.79. The van der Waals surface area contributed by atoms with Gasteiger partial charge >= 0.3 is 0 Å². The Labute approximate surface area is 176 Å². The van der Waals surface area contributed by atoms with E-state index in [1.165, 1.54) is 18.4 Å². The molecule has 10 nitrogen and oxygen atoms in total. The summed E-state index contributed by atoms with van der Waals surface area (Å²) in [5, 5.41) is 8.51. The highest BCUT2D eigenvalue weighted by Gasteiger charge is 2.22. The number of hydrogen-bond donors (Lipinski definition) is 5. The van der Waals surface area contributed by atoms with E-state index < -0.39 is 17.5 Å². The van der Waals surface area contributed by atoms with E-state index in [2.05, 4.69) is 30.9 Å². The molecule has 0 aliphatic carbocycles. The molecule has 3 rings (SSSR count). The first-order valence-electron chi connectivity index (χ1n) is 9.31. The van der Waals surface area contributed by atoms with Gasteiger partial charge in [0.2, 0.25) is 11.9 Å². The van der Waals surface area contributed by atoms with Crippen LogP contribution in [0.5, 0.6) is 0 Å². The third-order valence-corrected chi connectivity index (χ3v) is 5.13. The largest absolute Gasteiger partial charge is 0.365 e. The van der Waals surface area contributed by atoms with Crippen LogP contribution < -0.4 is 27.2 Å². The maximum atomic E-state index is 12.5. The first-order chi connectivity index (χ1) is 14.3. The number of aromatic amines is 1. The molecule has 2 amide bonds. The number of fused-ring (bicyclic) bond motifs is 1. The summed E-state index contributed by atoms with van der Waals surface area (Å²) in [5.74, 6) is -0.879. The van der Waals surface area contributed by atoms with Gasteiger partial charge in [0.25, 0.3) is 11.5 Å². The van der Waals surface area contributed by atoms with Crippen LogP contribution in [-0.2, 0) is 4.79 Å². The van der Waals surface area contributed by atoms with Gasteiger partial charge in [-0.3, -0.25) is 19.4 Å². The second-order valence-corrected chi connectivity index (χ2v) is 7.99. The van der Waals surface area contributed by atoms with Gasteiger partial charge in [-0.15, -0.1) is 11.3 Å². The number of carbonyl (C=O) groups excluding carboxylic acids is 2. The second-order valence-electron chi connectivity index (χ2n) is 7.10. The Morgan fingerprint density at radius 2 is 2.07 bits per heavy atom. The smallest absolute Gasteiger partial charge is 0.267 e. The summed E-state index contributed by atoms with van der Waals surface area (Å²) >= 11 is 1.46. The van der Waals surface area contributed by atoms with Gasteiger partial charge in [0, 0.05) is 12.7 Å². The highest BCUT2D eigenvalue weighted by Crippen LogP contribution is 2.25. The Balaban J connectivity index is 1.98. The number of aromatic nitrogens is 3. The first-order valence-corrected chi connectivity index (χ1v) is 10.2. The van der Waals surface area contributed by atoms with Gasteiger partial charge in [-0.25, -0.2) is 4.98 Å². The van der Waals surface area contributed by atoms with Crippen LogP contribution in [0, 0.1) is 5.92 Å². The van der Waals surface area contributed by atoms with E-state index in [9.17, 15) is 14.4 Å². The molecule has 11 heteroatoms. The van der Waals surface area contributed by atoms with Gasteiger partial charge in [-0.05, 0) is 30.5 Å². The second kappa shape index (κ2) is 8.91. The third-order valence-electron chi connectivity index (χ3n) is 4.34. The minimum absolute atomic E-state index is 0.00202. The predicted molar refractivity (Wildman–Crippen MR) is 117 cm³/mol. The highest BCUT2D eigenvalue weighted by molar-refractivity contribution is 7.16. The van der Waals surface area contributed by atoms with Crippen molar-refractivity contribution in [1.82, 2.24) is 20.3 Å². The van der Waals surface area contributed by atoms with Crippen LogP contribution in [0.4, 0.5) is 17.5 Å². The van der Waals surface area contributed by atoms with E-state index in [-0.39, 0.29) is 29.2 Å². The quantitative estimate of drug-likeness (QED) is 0.365. The Bertz CT molecular complexity index is 1140. The maximum absolute atomic E-state index is 12.5. The molecular weight excluding hydrogens is 406 g/mol. The number of H-pyrrole nitrogens is 1. The van der Waals surface area contributed by atoms with Crippen molar-refractivity contribution < 1.29 is 9.59 Å². The van der Waals surface area contributed by atoms with Crippen molar-refractivity contribution in [3.8, 4) is 0 Å². The molecule has 0 saturated carbocycles. The summed E-state index contributed by atoms with van der Waals surface area (Å²) in [5.41, 5.74) is 7.57. The fourth-order valence-corrected chi connectivity index (χ4v) is 3.69. The molecule has 0 radical (unpaired) electrons. The standard InChI is InChI=1S/C19H23N7O3S/c1-9(2)6-12(17(28)21-3)24-19-25-16(14(15(20)27)18(29)26-19)23-10-4-5-11-13(7-10)30-8-22-11/h4-5,7-9,12H,6H2,1-3H3,(H2,20,27)(H,21,28)(H3,23,24,25,26,29)/t12-/m1/s1. The molecule has 6 N–H and O–H groups in total. The SMILES string of the molecule is CNC(=O)[C@@H](CC(C)C)Nc1nc(Nc2ccc3ncsc3c2)c(C(N)=O)c(=O)[nH]1. The lowest BCUT2D eigenvalue weighted by Gasteiger charge is -2.20. The zero-order valence-electron chi connectivity index (χ0n) is 16.8. The summed E-state index contributed by atoms with van der Waals surface area (Å²) in [7, 11) is 1.53. The van der Waals surface area contributed by atoms with E-state index in [1.54, 1.807) is 11.6 Å². The molecule has 0 aliphatic rings. The molecule has 0 spiro atoms. The summed E-state index contributed by atoms with van der Waals surface area (Å²) < 4.78 is 0.931. The van der Waals surface area contributed by atoms with Gasteiger partial charge in [-0.1, -0.05) is 13.8 Å². The van der Waals surface area contributed by atoms with Gasteiger partial charge in [0.1, 0.15) is 11.6 Å². The van der Waals surface area contributed by atoms with Crippen molar-refractivity contribution in [2.75, 3.05) is 17.7 Å². The molecule has 0 fully saturated rings. The van der Waals surface area contributed by atoms with E-state index in [4.69, 9.17) is 5.73 Å². The van der Waals surface area contributed by atoms with E-state index in [0.717, 1.165) is 10.2 Å². The highest BCUT2D eigenvalue weighted by atomic mass is 32.1. The van der Waals surface area contributed by atoms with Crippen molar-refractivity contribution in [3.63, 3.8) is 0 Å². The normalized spacial score (nSPS) is 12.0. The van der Waals surface area contributed by atoms with Crippen molar-refractivity contribution in [2.45, 2.75) is 26.3 Å². The third kappa shape index (κ3) is 4.74. The van der Waals surface area contributed by atoms with Crippen LogP contribution in [0.1, 0.15) is 30.6 Å². The molecule has 0 aliphatic heterocycles. The van der Waals surface area contributed by atoms with E-state index >= 15 is 0 Å². The summed E-state index contributed by atoms with van der Waals surface area (Å²) in [6.45, 7) is 3.96. The summed E-state index contributed by atoms with van der Waals surface area (Å²) in [6, 6.07) is 4.79. The maximum Gasteiger partial charge on any atom is 0.267 e. The molecular formula is C19H23N7O3S. The number of benzene rings is 1. The fraction of sp³-hybridized carbons (Fsp3) is 0.316. The average Bonchev–Trinajstić information content (AvgIpc) is 3.13. The number of nitrogens with zero attached hydrogens (tertiary/aromatic N) is 2. The molecule has 0 unspecified atom stereocenters. The number of primary amides is 1. The molecule has 1 aromatic carbocycles. The number of carbonyl (C=O) groups is 2. The van der Waals surface area contributed by atoms with E-state index in [1.807, 2.05) is 26.0 Å². The molecule has 2 aromatic heterocycles. The Hall–Kier alpha value is -3.47. The minimum Gasteiger partial charge on any atom is -0.365 e. The summed E-state index contributed by atoms with van der Waals surface area (Å²) in [6.07, 6.45) is 0.520. The van der Waals surface area contributed by atoms with Gasteiger partial charge in [0.05, 0.1) is 15.7 Å². The monoisotopic (exact) mass is 429 g/mol. The van der Waals surface area contributed by atoms with Crippen molar-refractivity contribution in [1.29, 1.82) is 0 Å². The molecule has 3 aromatic rings. The van der Waals surface area contributed by atoms with Crippen LogP contribution in [0.2, 0.25) is 0 Å². The van der Waals surface area contributed by atoms with Crippen molar-refractivity contribution >= 4 is 50.8 Å². The van der Waals surface area contributed by atoms with Crippen LogP contribution in [0.3, 0.4) is 0 Å². The van der Waals surface area contributed by atoms with E-state index in [0.29, 0.717) is 12.1 Å². The van der Waals surface area contributed by atoms with Crippen molar-refractivity contribution in [3.05, 3.63) is 39.6 Å². The Morgan fingerprint density at radius 3 is 2.73 bits per heavy atom. The number of amides is 2. The number of anilines is 3. The fourth-order valence-electron chi connectivity index (χ4n) is 2.97. The lowest BCUT2D eigenvalue weighted by Crippen LogP contribution is -2.40. The molecule has 158 valence electrons. The van der Waals surface area contributed by atoms with Crippen LogP contribution in [0.25, 0.3) is 10.2 Å². The van der Waals surface area contributed by atoms with Gasteiger partial charge in [0.15, 0.2) is 5.82 Å². The number of nitrogens with two attached hydrogens (primary N) is 1. The lowest BCUT2D eigenvalue weighted by molar-refractivity contribution is -0.121. The van der Waals surface area contributed by atoms with Gasteiger partial charge in [-0.2, -0.15) is 4.98 Å². The zero-order chi connectivity index (χ0) is 21.8. The first kappa shape index (κ1) is 21.2. The minimum atomic E-state index is -0.915. The Kier molecular flexibility index (Phi) is 6.31. The van der Waals surface area contributed by atoms with Crippen LogP contribution >= 0.6 is 11.3 Å². The van der Waals surface area contributed by atoms with Crippen LogP contribution in [-0.4, -0.2) is 39.9 Å². The topological polar surface area (TPSA) is 155 Å². The lowest BCUT2D eigenvalue weighted by atomic mass is 10.0. The number of thiazole rings is 1. The Morgan fingerprint density at radius 1 is 1.30 bits per heavy atom. The number of likely N-dealkylation sites (N-methyl/N-ethyl adjacent to an activating group) is 1.